The van der Waals surface area contributed by atoms with E-state index in [1.54, 1.807) is 30.3 Å². The summed E-state index contributed by atoms with van der Waals surface area (Å²) in [5.74, 6) is -0.0382. The Morgan fingerprint density at radius 3 is 2.48 bits per heavy atom. The highest BCUT2D eigenvalue weighted by Gasteiger charge is 2.32. The van der Waals surface area contributed by atoms with Gasteiger partial charge in [0.25, 0.3) is 5.56 Å². The number of aromatic nitrogens is 2. The summed E-state index contributed by atoms with van der Waals surface area (Å²) < 4.78 is 27.5. The molecular weight excluding hydrogens is 316 g/mol. The van der Waals surface area contributed by atoms with E-state index in [0.717, 1.165) is 4.57 Å². The van der Waals surface area contributed by atoms with Gasteiger partial charge in [0.05, 0.1) is 11.3 Å². The summed E-state index contributed by atoms with van der Waals surface area (Å²) in [7, 11) is -3.65. The molecule has 1 aliphatic rings. The highest BCUT2D eigenvalue weighted by Crippen LogP contribution is 2.27. The van der Waals surface area contributed by atoms with Crippen molar-refractivity contribution >= 4 is 9.84 Å². The number of hydrogen-bond donors (Lipinski definition) is 0. The Labute approximate surface area is 133 Å². The van der Waals surface area contributed by atoms with Crippen LogP contribution in [0.4, 0.5) is 0 Å². The third kappa shape index (κ3) is 2.55. The minimum atomic E-state index is -3.65. The van der Waals surface area contributed by atoms with Crippen LogP contribution >= 0.6 is 0 Å². The Bertz CT molecular complexity index is 956. The molecule has 0 saturated carbocycles. The lowest BCUT2D eigenvalue weighted by Gasteiger charge is -2.22. The van der Waals surface area contributed by atoms with Gasteiger partial charge in [-0.25, -0.2) is 13.2 Å². The molecule has 0 spiro atoms. The quantitative estimate of drug-likeness (QED) is 0.792. The second kappa shape index (κ2) is 5.81. The average molecular weight is 334 g/mol. The third-order valence-electron chi connectivity index (χ3n) is 3.98. The van der Waals surface area contributed by atoms with Crippen LogP contribution < -0.4 is 11.2 Å². The summed E-state index contributed by atoms with van der Waals surface area (Å²) in [6.45, 7) is 2.46. The first-order valence-electron chi connectivity index (χ1n) is 7.63. The molecule has 1 aromatic carbocycles. The van der Waals surface area contributed by atoms with Crippen LogP contribution in [0, 0.1) is 0 Å². The van der Waals surface area contributed by atoms with Crippen molar-refractivity contribution in [2.45, 2.75) is 37.9 Å². The molecule has 2 aromatic rings. The SMILES string of the molecule is CCCn1c(=O)c(-c2ccccc2)c2n(c1=O)CCCS2(=O)=O. The van der Waals surface area contributed by atoms with E-state index in [4.69, 9.17) is 0 Å². The summed E-state index contributed by atoms with van der Waals surface area (Å²) in [4.78, 5) is 25.4. The van der Waals surface area contributed by atoms with E-state index in [0.29, 0.717) is 24.9 Å². The third-order valence-corrected chi connectivity index (χ3v) is 5.82. The van der Waals surface area contributed by atoms with Gasteiger partial charge in [0.15, 0.2) is 14.9 Å². The van der Waals surface area contributed by atoms with E-state index >= 15 is 0 Å². The van der Waals surface area contributed by atoms with Crippen molar-refractivity contribution in [1.29, 1.82) is 0 Å². The van der Waals surface area contributed by atoms with Gasteiger partial charge in [0.2, 0.25) is 0 Å². The Kier molecular flexibility index (Phi) is 3.97. The van der Waals surface area contributed by atoms with Gasteiger partial charge in [-0.3, -0.25) is 13.9 Å². The number of fused-ring (bicyclic) bond motifs is 1. The predicted molar refractivity (Wildman–Crippen MR) is 87.4 cm³/mol. The van der Waals surface area contributed by atoms with Crippen molar-refractivity contribution in [2.24, 2.45) is 0 Å². The number of benzene rings is 1. The molecule has 122 valence electrons. The predicted octanol–water partition coefficient (Wildman–Crippen LogP) is 1.26. The van der Waals surface area contributed by atoms with Gasteiger partial charge in [0.1, 0.15) is 0 Å². The molecule has 3 rings (SSSR count). The van der Waals surface area contributed by atoms with Crippen LogP contribution in [0.3, 0.4) is 0 Å². The van der Waals surface area contributed by atoms with E-state index < -0.39 is 21.1 Å². The molecule has 1 aliphatic heterocycles. The monoisotopic (exact) mass is 334 g/mol. The number of rotatable bonds is 3. The van der Waals surface area contributed by atoms with Gasteiger partial charge in [-0.15, -0.1) is 0 Å². The fraction of sp³-hybridized carbons (Fsp3) is 0.375. The summed E-state index contributed by atoms with van der Waals surface area (Å²) in [5.41, 5.74) is -0.426. The summed E-state index contributed by atoms with van der Waals surface area (Å²) in [5, 5.41) is -0.127. The molecule has 0 unspecified atom stereocenters. The summed E-state index contributed by atoms with van der Waals surface area (Å²) >= 11 is 0. The minimum Gasteiger partial charge on any atom is -0.283 e. The first kappa shape index (κ1) is 15.7. The zero-order valence-corrected chi connectivity index (χ0v) is 13.7. The number of nitrogens with zero attached hydrogens (tertiary/aromatic N) is 2. The molecule has 6 nitrogen and oxygen atoms in total. The highest BCUT2D eigenvalue weighted by molar-refractivity contribution is 7.91. The first-order chi connectivity index (χ1) is 11.0. The fourth-order valence-corrected chi connectivity index (χ4v) is 4.71. The van der Waals surface area contributed by atoms with Gasteiger partial charge < -0.3 is 0 Å². The molecule has 23 heavy (non-hydrogen) atoms. The van der Waals surface area contributed by atoms with Crippen LogP contribution in [-0.4, -0.2) is 23.3 Å². The van der Waals surface area contributed by atoms with Crippen LogP contribution in [0.1, 0.15) is 19.8 Å². The minimum absolute atomic E-state index is 0.0382. The van der Waals surface area contributed by atoms with Gasteiger partial charge in [-0.05, 0) is 18.4 Å². The Morgan fingerprint density at radius 1 is 1.13 bits per heavy atom. The molecule has 0 bridgehead atoms. The molecule has 2 heterocycles. The number of hydrogen-bond acceptors (Lipinski definition) is 4. The molecule has 0 atom stereocenters. The van der Waals surface area contributed by atoms with E-state index in [9.17, 15) is 18.0 Å². The molecule has 7 heteroatoms. The Morgan fingerprint density at radius 2 is 1.83 bits per heavy atom. The van der Waals surface area contributed by atoms with Gasteiger partial charge >= 0.3 is 5.69 Å². The van der Waals surface area contributed by atoms with Crippen LogP contribution in [0.25, 0.3) is 11.1 Å². The fourth-order valence-electron chi connectivity index (χ4n) is 2.98. The van der Waals surface area contributed by atoms with Crippen molar-refractivity contribution in [3.05, 3.63) is 51.2 Å². The maximum atomic E-state index is 12.8. The van der Waals surface area contributed by atoms with Crippen molar-refractivity contribution in [2.75, 3.05) is 5.75 Å². The van der Waals surface area contributed by atoms with E-state index in [-0.39, 0.29) is 22.9 Å². The Balaban J connectivity index is 2.49. The molecule has 0 aliphatic carbocycles. The second-order valence-electron chi connectivity index (χ2n) is 5.61. The van der Waals surface area contributed by atoms with Crippen LogP contribution in [0.2, 0.25) is 0 Å². The van der Waals surface area contributed by atoms with Crippen LogP contribution in [0.5, 0.6) is 0 Å². The molecule has 0 amide bonds. The molecule has 0 radical (unpaired) electrons. The summed E-state index contributed by atoms with van der Waals surface area (Å²) in [6, 6.07) is 8.68. The molecule has 0 fully saturated rings. The Hall–Kier alpha value is -2.15. The van der Waals surface area contributed by atoms with Crippen LogP contribution in [-0.2, 0) is 22.9 Å². The molecular formula is C16H18N2O4S. The standard InChI is InChI=1S/C16H18N2O4S/c1-2-9-17-14(19)13(12-7-4-3-5-8-12)15-18(16(17)20)10-6-11-23(15,21)22/h3-5,7-8H,2,6,9-11H2,1H3. The number of sulfone groups is 1. The lowest BCUT2D eigenvalue weighted by molar-refractivity contribution is 0.478. The van der Waals surface area contributed by atoms with Crippen LogP contribution in [0.15, 0.2) is 44.9 Å². The lowest BCUT2D eigenvalue weighted by Crippen LogP contribution is -2.45. The first-order valence-corrected chi connectivity index (χ1v) is 9.28. The van der Waals surface area contributed by atoms with E-state index in [1.807, 2.05) is 6.92 Å². The largest absolute Gasteiger partial charge is 0.332 e. The smallest absolute Gasteiger partial charge is 0.283 e. The normalized spacial score (nSPS) is 16.0. The topological polar surface area (TPSA) is 78.1 Å². The maximum Gasteiger partial charge on any atom is 0.332 e. The van der Waals surface area contributed by atoms with Crippen molar-refractivity contribution in [3.63, 3.8) is 0 Å². The molecule has 0 N–H and O–H groups in total. The van der Waals surface area contributed by atoms with E-state index in [2.05, 4.69) is 0 Å². The van der Waals surface area contributed by atoms with Gasteiger partial charge in [-0.1, -0.05) is 37.3 Å². The lowest BCUT2D eigenvalue weighted by atomic mass is 10.1. The second-order valence-corrected chi connectivity index (χ2v) is 7.63. The zero-order valence-electron chi connectivity index (χ0n) is 12.9. The van der Waals surface area contributed by atoms with Gasteiger partial charge in [-0.2, -0.15) is 0 Å². The van der Waals surface area contributed by atoms with Gasteiger partial charge in [0, 0.05) is 13.1 Å². The van der Waals surface area contributed by atoms with Crippen molar-refractivity contribution in [3.8, 4) is 11.1 Å². The molecule has 1 aromatic heterocycles. The van der Waals surface area contributed by atoms with E-state index in [1.165, 1.54) is 4.57 Å². The van der Waals surface area contributed by atoms with Crippen molar-refractivity contribution in [1.82, 2.24) is 9.13 Å². The zero-order chi connectivity index (χ0) is 16.6. The summed E-state index contributed by atoms with van der Waals surface area (Å²) in [6.07, 6.45) is 1.00. The highest BCUT2D eigenvalue weighted by atomic mass is 32.2. The molecule has 0 saturated heterocycles. The maximum absolute atomic E-state index is 12.8. The van der Waals surface area contributed by atoms with Crippen molar-refractivity contribution < 1.29 is 8.42 Å². The average Bonchev–Trinajstić information content (AvgIpc) is 2.53.